The fourth-order valence-corrected chi connectivity index (χ4v) is 3.51. The molecule has 0 saturated carbocycles. The van der Waals surface area contributed by atoms with E-state index < -0.39 is 17.3 Å². The van der Waals surface area contributed by atoms with Gasteiger partial charge in [0.15, 0.2) is 11.2 Å². The summed E-state index contributed by atoms with van der Waals surface area (Å²) in [6.07, 6.45) is -3.22. The highest BCUT2D eigenvalue weighted by Gasteiger charge is 2.30. The van der Waals surface area contributed by atoms with Crippen molar-refractivity contribution >= 4 is 22.8 Å². The number of fused-ring (bicyclic) bond motifs is 1. The van der Waals surface area contributed by atoms with Crippen molar-refractivity contribution in [1.82, 2.24) is 34.7 Å². The Morgan fingerprint density at radius 1 is 1.06 bits per heavy atom. The number of halogens is 4. The van der Waals surface area contributed by atoms with E-state index in [2.05, 4.69) is 25.4 Å². The van der Waals surface area contributed by atoms with Crippen LogP contribution in [0.25, 0.3) is 22.6 Å². The molecular weight excluding hydrogens is 475 g/mol. The van der Waals surface area contributed by atoms with Crippen LogP contribution < -0.4 is 5.56 Å². The minimum absolute atomic E-state index is 0.0131. The zero-order valence-corrected chi connectivity index (χ0v) is 17.8. The van der Waals surface area contributed by atoms with Crippen LogP contribution in [0.15, 0.2) is 64.2 Å². The molecule has 172 valence electrons. The van der Waals surface area contributed by atoms with Crippen LogP contribution in [0.4, 0.5) is 13.2 Å². The second-order valence-corrected chi connectivity index (χ2v) is 7.69. The number of benzene rings is 2. The molecule has 2 aromatic carbocycles. The number of aromatic nitrogens is 7. The molecule has 13 heteroatoms. The molecule has 5 rings (SSSR count). The van der Waals surface area contributed by atoms with Crippen LogP contribution in [-0.2, 0) is 19.3 Å². The molecule has 0 aliphatic heterocycles. The quantitative estimate of drug-likeness (QED) is 0.371. The smallest absolute Gasteiger partial charge is 0.337 e. The lowest BCUT2D eigenvalue weighted by Gasteiger charge is -2.06. The first-order valence-corrected chi connectivity index (χ1v) is 10.2. The lowest BCUT2D eigenvalue weighted by Crippen LogP contribution is -2.21. The van der Waals surface area contributed by atoms with Gasteiger partial charge in [-0.3, -0.25) is 9.36 Å². The summed E-state index contributed by atoms with van der Waals surface area (Å²) in [5.74, 6) is -0.0204. The van der Waals surface area contributed by atoms with Gasteiger partial charge < -0.3 is 4.52 Å². The van der Waals surface area contributed by atoms with Crippen molar-refractivity contribution in [1.29, 1.82) is 0 Å². The van der Waals surface area contributed by atoms with Gasteiger partial charge in [0.1, 0.15) is 12.9 Å². The van der Waals surface area contributed by atoms with Gasteiger partial charge in [0, 0.05) is 10.6 Å². The van der Waals surface area contributed by atoms with Crippen LogP contribution in [0.3, 0.4) is 0 Å². The molecule has 5 aromatic rings. The van der Waals surface area contributed by atoms with Crippen LogP contribution in [0.2, 0.25) is 5.02 Å². The Bertz CT molecular complexity index is 1560. The summed E-state index contributed by atoms with van der Waals surface area (Å²) in [5, 5.41) is 12.2. The third kappa shape index (κ3) is 4.15. The van der Waals surface area contributed by atoms with Crippen LogP contribution >= 0.6 is 11.6 Å². The number of hydrogen-bond donors (Lipinski definition) is 0. The van der Waals surface area contributed by atoms with Gasteiger partial charge in [-0.1, -0.05) is 52.3 Å². The molecule has 0 spiro atoms. The third-order valence-corrected chi connectivity index (χ3v) is 5.36. The average molecular weight is 488 g/mol. The van der Waals surface area contributed by atoms with Gasteiger partial charge >= 0.3 is 6.18 Å². The lowest BCUT2D eigenvalue weighted by atomic mass is 10.1. The van der Waals surface area contributed by atoms with Gasteiger partial charge in [-0.15, -0.1) is 5.10 Å². The molecule has 0 aliphatic carbocycles. The number of hydrogen-bond acceptors (Lipinski definition) is 7. The molecule has 0 N–H and O–H groups in total. The van der Waals surface area contributed by atoms with E-state index in [9.17, 15) is 18.0 Å². The van der Waals surface area contributed by atoms with Crippen molar-refractivity contribution in [3.63, 3.8) is 0 Å². The van der Waals surface area contributed by atoms with Crippen molar-refractivity contribution in [2.75, 3.05) is 0 Å². The van der Waals surface area contributed by atoms with Crippen LogP contribution in [-0.4, -0.2) is 34.7 Å². The SMILES string of the molecule is O=c1c2nnn(Cc3ccccc3Cl)c2ncn1Cc1nc(-c2cccc(C(F)(F)F)c2)no1. The molecule has 0 fully saturated rings. The molecule has 3 aromatic heterocycles. The highest BCUT2D eigenvalue weighted by atomic mass is 35.5. The van der Waals surface area contributed by atoms with E-state index in [4.69, 9.17) is 16.1 Å². The van der Waals surface area contributed by atoms with E-state index in [1.54, 1.807) is 12.1 Å². The molecule has 0 aliphatic rings. The van der Waals surface area contributed by atoms with Crippen LogP contribution in [0, 0.1) is 0 Å². The predicted molar refractivity (Wildman–Crippen MR) is 114 cm³/mol. The molecule has 0 bridgehead atoms. The summed E-state index contributed by atoms with van der Waals surface area (Å²) in [6, 6.07) is 11.8. The predicted octanol–water partition coefficient (Wildman–Crippen LogP) is 3.81. The zero-order valence-electron chi connectivity index (χ0n) is 17.1. The van der Waals surface area contributed by atoms with Crippen molar-refractivity contribution in [3.8, 4) is 11.4 Å². The number of rotatable bonds is 5. The maximum absolute atomic E-state index is 13.0. The number of nitrogens with zero attached hydrogens (tertiary/aromatic N) is 7. The van der Waals surface area contributed by atoms with E-state index in [1.807, 2.05) is 12.1 Å². The molecule has 0 radical (unpaired) electrons. The fourth-order valence-electron chi connectivity index (χ4n) is 3.31. The first-order valence-electron chi connectivity index (χ1n) is 9.82. The van der Waals surface area contributed by atoms with Crippen molar-refractivity contribution in [3.05, 3.63) is 87.3 Å². The highest BCUT2D eigenvalue weighted by Crippen LogP contribution is 2.31. The monoisotopic (exact) mass is 487 g/mol. The van der Waals surface area contributed by atoms with Gasteiger partial charge in [0.2, 0.25) is 11.7 Å². The standard InChI is InChI=1S/C21H13ClF3N7O2/c22-15-7-2-1-4-13(15)9-32-19-17(28-30-32)20(33)31(11-26-19)10-16-27-18(29-34-16)12-5-3-6-14(8-12)21(23,24)25/h1-8,11H,9-10H2. The van der Waals surface area contributed by atoms with Gasteiger partial charge in [-0.05, 0) is 23.8 Å². The fraction of sp³-hybridized carbons (Fsp3) is 0.143. The van der Waals surface area contributed by atoms with E-state index in [0.29, 0.717) is 5.02 Å². The Kier molecular flexibility index (Phi) is 5.36. The summed E-state index contributed by atoms with van der Waals surface area (Å²) in [5.41, 5.74) is -0.0944. The molecule has 0 amide bonds. The van der Waals surface area contributed by atoms with E-state index in [-0.39, 0.29) is 41.5 Å². The maximum Gasteiger partial charge on any atom is 0.416 e. The topological polar surface area (TPSA) is 105 Å². The van der Waals surface area contributed by atoms with Crippen LogP contribution in [0.1, 0.15) is 17.0 Å². The van der Waals surface area contributed by atoms with E-state index >= 15 is 0 Å². The summed E-state index contributed by atoms with van der Waals surface area (Å²) in [7, 11) is 0. The molecule has 0 atom stereocenters. The first-order chi connectivity index (χ1) is 16.3. The Morgan fingerprint density at radius 3 is 2.68 bits per heavy atom. The van der Waals surface area contributed by atoms with Crippen molar-refractivity contribution < 1.29 is 17.7 Å². The second-order valence-electron chi connectivity index (χ2n) is 7.28. The Balaban J connectivity index is 1.40. The lowest BCUT2D eigenvalue weighted by molar-refractivity contribution is -0.137. The van der Waals surface area contributed by atoms with Crippen molar-refractivity contribution in [2.24, 2.45) is 0 Å². The third-order valence-electron chi connectivity index (χ3n) is 4.99. The number of alkyl halides is 3. The van der Waals surface area contributed by atoms with Crippen LogP contribution in [0.5, 0.6) is 0 Å². The Morgan fingerprint density at radius 2 is 1.88 bits per heavy atom. The Hall–Kier alpha value is -4.06. The molecule has 34 heavy (non-hydrogen) atoms. The van der Waals surface area contributed by atoms with Gasteiger partial charge in [0.25, 0.3) is 5.56 Å². The summed E-state index contributed by atoms with van der Waals surface area (Å²) in [6.45, 7) is 0.127. The Labute approximate surface area is 193 Å². The maximum atomic E-state index is 13.0. The minimum atomic E-state index is -4.50. The molecular formula is C21H13ClF3N7O2. The molecule has 0 saturated heterocycles. The van der Waals surface area contributed by atoms with Gasteiger partial charge in [-0.2, -0.15) is 18.2 Å². The second kappa shape index (κ2) is 8.37. The summed E-state index contributed by atoms with van der Waals surface area (Å²) in [4.78, 5) is 21.2. The average Bonchev–Trinajstić information content (AvgIpc) is 3.44. The highest BCUT2D eigenvalue weighted by molar-refractivity contribution is 6.31. The minimum Gasteiger partial charge on any atom is -0.337 e. The normalized spacial score (nSPS) is 11.9. The van der Waals surface area contributed by atoms with Crippen molar-refractivity contribution in [2.45, 2.75) is 19.3 Å². The summed E-state index contributed by atoms with van der Waals surface area (Å²) < 4.78 is 46.7. The van der Waals surface area contributed by atoms with Gasteiger partial charge in [0.05, 0.1) is 12.1 Å². The largest absolute Gasteiger partial charge is 0.416 e. The molecule has 3 heterocycles. The molecule has 0 unspecified atom stereocenters. The van der Waals surface area contributed by atoms with E-state index in [0.717, 1.165) is 17.7 Å². The van der Waals surface area contributed by atoms with Gasteiger partial charge in [-0.25, -0.2) is 9.67 Å². The zero-order chi connectivity index (χ0) is 23.9. The summed E-state index contributed by atoms with van der Waals surface area (Å²) >= 11 is 6.19. The molecule has 9 nitrogen and oxygen atoms in total. The first kappa shape index (κ1) is 21.8. The van der Waals surface area contributed by atoms with E-state index in [1.165, 1.54) is 27.7 Å².